The van der Waals surface area contributed by atoms with E-state index in [1.165, 1.54) is 6.07 Å². The molecule has 0 fully saturated rings. The lowest BCUT2D eigenvalue weighted by atomic mass is 10.3. The first-order chi connectivity index (χ1) is 9.39. The van der Waals surface area contributed by atoms with Crippen molar-refractivity contribution in [3.8, 4) is 11.2 Å². The first-order valence-corrected chi connectivity index (χ1v) is 7.02. The summed E-state index contributed by atoms with van der Waals surface area (Å²) in [7, 11) is 0. The van der Waals surface area contributed by atoms with E-state index in [9.17, 15) is 18.3 Å². The van der Waals surface area contributed by atoms with Crippen LogP contribution in [0.4, 0.5) is 18.3 Å². The van der Waals surface area contributed by atoms with Crippen LogP contribution in [0, 0.1) is 10.7 Å². The van der Waals surface area contributed by atoms with Gasteiger partial charge in [-0.3, -0.25) is 0 Å². The van der Waals surface area contributed by atoms with Gasteiger partial charge in [-0.1, -0.05) is 11.3 Å². The van der Waals surface area contributed by atoms with Crippen LogP contribution in [0.5, 0.6) is 5.75 Å². The molecule has 0 amide bonds. The predicted octanol–water partition coefficient (Wildman–Crippen LogP) is 3.94. The summed E-state index contributed by atoms with van der Waals surface area (Å²) < 4.78 is 36.7. The Morgan fingerprint density at radius 1 is 1.45 bits per heavy atom. The van der Waals surface area contributed by atoms with Crippen LogP contribution in [0.15, 0.2) is 17.0 Å². The van der Waals surface area contributed by atoms with Gasteiger partial charge in [0.2, 0.25) is 0 Å². The summed E-state index contributed by atoms with van der Waals surface area (Å²) in [5.41, 5.74) is 0.312. The van der Waals surface area contributed by atoms with Crippen LogP contribution in [-0.4, -0.2) is 22.8 Å². The van der Waals surface area contributed by atoms with E-state index in [0.717, 1.165) is 23.1 Å². The molecule has 0 aliphatic rings. The van der Waals surface area contributed by atoms with Crippen LogP contribution in [0.3, 0.4) is 0 Å². The summed E-state index contributed by atoms with van der Waals surface area (Å²) in [6.07, 6.45) is -5.17. The van der Waals surface area contributed by atoms with E-state index in [1.807, 2.05) is 5.40 Å². The molecule has 0 aliphatic carbocycles. The SMILES string of the molecule is N#CSc1cc(O)c2nc(NCCC(F)(F)F)sc2c1. The molecule has 1 heterocycles. The molecule has 2 rings (SSSR count). The molecule has 0 aliphatic heterocycles. The van der Waals surface area contributed by atoms with Gasteiger partial charge in [0.05, 0.1) is 11.1 Å². The number of fused-ring (bicyclic) bond motifs is 1. The molecular formula is C11H8F3N3OS2. The summed E-state index contributed by atoms with van der Waals surface area (Å²) in [5.74, 6) is -0.0969. The maximum Gasteiger partial charge on any atom is 0.390 e. The van der Waals surface area contributed by atoms with E-state index >= 15 is 0 Å². The van der Waals surface area contributed by atoms with Crippen molar-refractivity contribution in [2.75, 3.05) is 11.9 Å². The lowest BCUT2D eigenvalue weighted by molar-refractivity contribution is -0.131. The van der Waals surface area contributed by atoms with Gasteiger partial charge >= 0.3 is 6.18 Å². The third-order valence-corrected chi connectivity index (χ3v) is 3.82. The summed E-state index contributed by atoms with van der Waals surface area (Å²) in [5, 5.41) is 23.1. The number of thiocyanates is 1. The second-order valence-electron chi connectivity index (χ2n) is 3.79. The Morgan fingerprint density at radius 3 is 2.85 bits per heavy atom. The Kier molecular flexibility index (Phi) is 4.25. The van der Waals surface area contributed by atoms with Gasteiger partial charge in [0.15, 0.2) is 5.13 Å². The fourth-order valence-corrected chi connectivity index (χ4v) is 2.97. The minimum absolute atomic E-state index is 0.0969. The molecule has 0 saturated carbocycles. The number of rotatable bonds is 4. The van der Waals surface area contributed by atoms with Crippen LogP contribution < -0.4 is 5.32 Å². The number of aromatic hydroxyl groups is 1. The van der Waals surface area contributed by atoms with Crippen LogP contribution in [-0.2, 0) is 0 Å². The zero-order valence-corrected chi connectivity index (χ0v) is 11.5. The molecule has 1 aromatic heterocycles. The topological polar surface area (TPSA) is 68.9 Å². The predicted molar refractivity (Wildman–Crippen MR) is 71.9 cm³/mol. The van der Waals surface area contributed by atoms with Crippen molar-refractivity contribution >= 4 is 38.4 Å². The lowest BCUT2D eigenvalue weighted by Gasteiger charge is -2.05. The van der Waals surface area contributed by atoms with Crippen molar-refractivity contribution in [1.29, 1.82) is 5.26 Å². The number of thiazole rings is 1. The quantitative estimate of drug-likeness (QED) is 0.660. The highest BCUT2D eigenvalue weighted by atomic mass is 32.2. The first kappa shape index (κ1) is 14.7. The number of hydrogen-bond donors (Lipinski definition) is 2. The molecule has 106 valence electrons. The minimum Gasteiger partial charge on any atom is -0.506 e. The fraction of sp³-hybridized carbons (Fsp3) is 0.273. The highest BCUT2D eigenvalue weighted by Crippen LogP contribution is 2.36. The molecule has 0 atom stereocenters. The van der Waals surface area contributed by atoms with Crippen LogP contribution in [0.1, 0.15) is 6.42 Å². The lowest BCUT2D eigenvalue weighted by Crippen LogP contribution is -2.14. The molecule has 0 spiro atoms. The van der Waals surface area contributed by atoms with E-state index in [4.69, 9.17) is 5.26 Å². The van der Waals surface area contributed by atoms with Crippen molar-refractivity contribution in [2.24, 2.45) is 0 Å². The van der Waals surface area contributed by atoms with Crippen molar-refractivity contribution < 1.29 is 18.3 Å². The number of hydrogen-bond acceptors (Lipinski definition) is 6. The molecule has 0 bridgehead atoms. The number of nitrogens with one attached hydrogen (secondary N) is 1. The number of phenols is 1. The van der Waals surface area contributed by atoms with Gasteiger partial charge in [0, 0.05) is 11.4 Å². The Hall–Kier alpha value is -1.66. The number of phenolic OH excluding ortho intramolecular Hbond substituents is 1. The molecule has 1 aromatic carbocycles. The van der Waals surface area contributed by atoms with Crippen molar-refractivity contribution in [2.45, 2.75) is 17.5 Å². The van der Waals surface area contributed by atoms with Crippen LogP contribution in [0.25, 0.3) is 10.2 Å². The summed E-state index contributed by atoms with van der Waals surface area (Å²) in [6.45, 7) is -0.274. The van der Waals surface area contributed by atoms with Gasteiger partial charge < -0.3 is 10.4 Å². The molecule has 0 saturated heterocycles. The summed E-state index contributed by atoms with van der Waals surface area (Å²) >= 11 is 2.02. The molecule has 0 radical (unpaired) electrons. The minimum atomic E-state index is -4.22. The second kappa shape index (κ2) is 5.76. The van der Waals surface area contributed by atoms with Crippen molar-refractivity contribution in [3.63, 3.8) is 0 Å². The fourth-order valence-electron chi connectivity index (χ4n) is 1.49. The molecule has 0 unspecified atom stereocenters. The number of anilines is 1. The maximum absolute atomic E-state index is 12.0. The largest absolute Gasteiger partial charge is 0.506 e. The van der Waals surface area contributed by atoms with Gasteiger partial charge in [0.25, 0.3) is 0 Å². The van der Waals surface area contributed by atoms with Crippen LogP contribution >= 0.6 is 23.1 Å². The number of alkyl halides is 3. The number of benzene rings is 1. The zero-order valence-electron chi connectivity index (χ0n) is 9.86. The molecular weight excluding hydrogens is 311 g/mol. The summed E-state index contributed by atoms with van der Waals surface area (Å²) in [4.78, 5) is 4.59. The van der Waals surface area contributed by atoms with Gasteiger partial charge in [0.1, 0.15) is 16.7 Å². The molecule has 20 heavy (non-hydrogen) atoms. The standard InChI is InChI=1S/C11H8F3N3OS2/c12-11(13,14)1-2-16-10-17-9-7(18)3-6(19-5-15)4-8(9)20-10/h3-4,18H,1-2H2,(H,16,17). The maximum atomic E-state index is 12.0. The monoisotopic (exact) mass is 319 g/mol. The third-order valence-electron chi connectivity index (χ3n) is 2.30. The van der Waals surface area contributed by atoms with Crippen molar-refractivity contribution in [1.82, 2.24) is 4.98 Å². The second-order valence-corrected chi connectivity index (χ2v) is 5.68. The highest BCUT2D eigenvalue weighted by molar-refractivity contribution is 8.03. The van der Waals surface area contributed by atoms with Gasteiger partial charge in [-0.2, -0.15) is 18.4 Å². The van der Waals surface area contributed by atoms with Gasteiger partial charge in [-0.25, -0.2) is 4.98 Å². The number of aromatic nitrogens is 1. The first-order valence-electron chi connectivity index (χ1n) is 5.39. The summed E-state index contributed by atoms with van der Waals surface area (Å²) in [6, 6.07) is 3.06. The normalized spacial score (nSPS) is 11.5. The number of nitriles is 1. The molecule has 2 aromatic rings. The highest BCUT2D eigenvalue weighted by Gasteiger charge is 2.26. The Bertz CT molecular complexity index is 663. The number of thioether (sulfide) groups is 1. The van der Waals surface area contributed by atoms with Crippen LogP contribution in [0.2, 0.25) is 0 Å². The van der Waals surface area contributed by atoms with E-state index in [0.29, 0.717) is 20.2 Å². The van der Waals surface area contributed by atoms with E-state index in [2.05, 4.69) is 10.3 Å². The van der Waals surface area contributed by atoms with E-state index in [-0.39, 0.29) is 12.3 Å². The zero-order chi connectivity index (χ0) is 14.8. The van der Waals surface area contributed by atoms with Crippen molar-refractivity contribution in [3.05, 3.63) is 12.1 Å². The third kappa shape index (κ3) is 3.68. The smallest absolute Gasteiger partial charge is 0.390 e. The van der Waals surface area contributed by atoms with E-state index < -0.39 is 12.6 Å². The molecule has 2 N–H and O–H groups in total. The molecule has 9 heteroatoms. The number of halogens is 3. The van der Waals surface area contributed by atoms with E-state index in [1.54, 1.807) is 6.07 Å². The number of nitrogens with zero attached hydrogens (tertiary/aromatic N) is 2. The average Bonchev–Trinajstić information content (AvgIpc) is 2.71. The van der Waals surface area contributed by atoms with Gasteiger partial charge in [-0.05, 0) is 23.9 Å². The Labute approximate surface area is 120 Å². The average molecular weight is 319 g/mol. The Morgan fingerprint density at radius 2 is 2.20 bits per heavy atom. The Balaban J connectivity index is 2.17. The van der Waals surface area contributed by atoms with Gasteiger partial charge in [-0.15, -0.1) is 0 Å². The molecule has 4 nitrogen and oxygen atoms in total.